The molecule has 11 heavy (non-hydrogen) atoms. The highest BCUT2D eigenvalue weighted by molar-refractivity contribution is 7.10. The number of hydrogen-bond donors (Lipinski definition) is 1. The van der Waals surface area contributed by atoms with E-state index >= 15 is 0 Å². The SMILES string of the molecule is Cc1csc(C2(CO)CC2)c1. The lowest BCUT2D eigenvalue weighted by Crippen LogP contribution is -2.09. The van der Waals surface area contributed by atoms with Crippen molar-refractivity contribution in [3.05, 3.63) is 21.9 Å². The lowest BCUT2D eigenvalue weighted by Gasteiger charge is -2.06. The second-order valence-corrected chi connectivity index (χ2v) is 4.34. The van der Waals surface area contributed by atoms with Gasteiger partial charge in [0.15, 0.2) is 0 Å². The highest BCUT2D eigenvalue weighted by Crippen LogP contribution is 2.49. The lowest BCUT2D eigenvalue weighted by molar-refractivity contribution is 0.257. The molecule has 1 aromatic rings. The Balaban J connectivity index is 2.29. The number of aliphatic hydroxyl groups is 1. The van der Waals surface area contributed by atoms with Crippen LogP contribution >= 0.6 is 11.3 Å². The fourth-order valence-electron chi connectivity index (χ4n) is 1.34. The Hall–Kier alpha value is -0.340. The minimum Gasteiger partial charge on any atom is -0.395 e. The molecule has 1 saturated carbocycles. The standard InChI is InChI=1S/C9H12OS/c1-7-4-8(11-5-7)9(6-10)2-3-9/h4-5,10H,2-3,6H2,1H3. The van der Waals surface area contributed by atoms with Crippen LogP contribution in [0.4, 0.5) is 0 Å². The van der Waals surface area contributed by atoms with Gasteiger partial charge in [-0.1, -0.05) is 0 Å². The van der Waals surface area contributed by atoms with Gasteiger partial charge < -0.3 is 5.11 Å². The molecule has 0 saturated heterocycles. The van der Waals surface area contributed by atoms with E-state index in [-0.39, 0.29) is 5.41 Å². The smallest absolute Gasteiger partial charge is 0.0535 e. The summed E-state index contributed by atoms with van der Waals surface area (Å²) in [5.41, 5.74) is 1.50. The van der Waals surface area contributed by atoms with E-state index in [0.717, 1.165) is 0 Å². The van der Waals surface area contributed by atoms with Gasteiger partial charge in [-0.25, -0.2) is 0 Å². The summed E-state index contributed by atoms with van der Waals surface area (Å²) in [5, 5.41) is 11.3. The Labute approximate surface area is 70.7 Å². The van der Waals surface area contributed by atoms with Crippen LogP contribution in [0.5, 0.6) is 0 Å². The van der Waals surface area contributed by atoms with E-state index in [2.05, 4.69) is 18.4 Å². The van der Waals surface area contributed by atoms with Gasteiger partial charge in [0.1, 0.15) is 0 Å². The highest BCUT2D eigenvalue weighted by atomic mass is 32.1. The number of aryl methyl sites for hydroxylation is 1. The largest absolute Gasteiger partial charge is 0.395 e. The van der Waals surface area contributed by atoms with Crippen LogP contribution in [0.1, 0.15) is 23.3 Å². The molecular formula is C9H12OS. The zero-order valence-corrected chi connectivity index (χ0v) is 7.45. The van der Waals surface area contributed by atoms with Crippen molar-refractivity contribution in [2.24, 2.45) is 0 Å². The van der Waals surface area contributed by atoms with Crippen LogP contribution in [0.2, 0.25) is 0 Å². The monoisotopic (exact) mass is 168 g/mol. The zero-order valence-electron chi connectivity index (χ0n) is 6.63. The third kappa shape index (κ3) is 1.10. The van der Waals surface area contributed by atoms with E-state index in [1.807, 2.05) is 0 Å². The van der Waals surface area contributed by atoms with Crippen molar-refractivity contribution in [1.82, 2.24) is 0 Å². The first-order chi connectivity index (χ1) is 5.27. The predicted octanol–water partition coefficient (Wildman–Crippen LogP) is 2.08. The molecule has 1 nitrogen and oxygen atoms in total. The molecule has 1 N–H and O–H groups in total. The molecule has 0 atom stereocenters. The van der Waals surface area contributed by atoms with E-state index < -0.39 is 0 Å². The summed E-state index contributed by atoms with van der Waals surface area (Å²) in [4.78, 5) is 1.37. The zero-order chi connectivity index (χ0) is 7.90. The minimum atomic E-state index is 0.179. The van der Waals surface area contributed by atoms with Crippen LogP contribution in [0.3, 0.4) is 0 Å². The van der Waals surface area contributed by atoms with E-state index in [9.17, 15) is 0 Å². The van der Waals surface area contributed by atoms with Crippen molar-refractivity contribution in [1.29, 1.82) is 0 Å². The summed E-state index contributed by atoms with van der Waals surface area (Å²) in [5.74, 6) is 0. The lowest BCUT2D eigenvalue weighted by atomic mass is 10.1. The fraction of sp³-hybridized carbons (Fsp3) is 0.556. The molecule has 0 bridgehead atoms. The van der Waals surface area contributed by atoms with E-state index in [1.54, 1.807) is 11.3 Å². The second-order valence-electron chi connectivity index (χ2n) is 3.43. The molecule has 1 heterocycles. The Morgan fingerprint density at radius 1 is 1.64 bits per heavy atom. The topological polar surface area (TPSA) is 20.2 Å². The highest BCUT2D eigenvalue weighted by Gasteiger charge is 2.44. The number of rotatable bonds is 2. The normalized spacial score (nSPS) is 20.2. The van der Waals surface area contributed by atoms with E-state index in [4.69, 9.17) is 5.11 Å². The number of hydrogen-bond acceptors (Lipinski definition) is 2. The first-order valence-corrected chi connectivity index (χ1v) is 4.81. The molecule has 1 aromatic heterocycles. The molecule has 0 aliphatic heterocycles. The molecule has 0 unspecified atom stereocenters. The second kappa shape index (κ2) is 2.32. The van der Waals surface area contributed by atoms with Gasteiger partial charge in [0.2, 0.25) is 0 Å². The average molecular weight is 168 g/mol. The summed E-state index contributed by atoms with van der Waals surface area (Å²) >= 11 is 1.78. The average Bonchev–Trinajstić information content (AvgIpc) is 2.70. The van der Waals surface area contributed by atoms with Gasteiger partial charge in [0.05, 0.1) is 6.61 Å². The van der Waals surface area contributed by atoms with Gasteiger partial charge in [-0.3, -0.25) is 0 Å². The van der Waals surface area contributed by atoms with Crippen molar-refractivity contribution in [3.63, 3.8) is 0 Å². The molecule has 0 aromatic carbocycles. The van der Waals surface area contributed by atoms with Crippen LogP contribution in [-0.4, -0.2) is 11.7 Å². The van der Waals surface area contributed by atoms with Crippen molar-refractivity contribution in [2.75, 3.05) is 6.61 Å². The predicted molar refractivity (Wildman–Crippen MR) is 47.1 cm³/mol. The maximum absolute atomic E-state index is 9.13. The Kier molecular flexibility index (Phi) is 1.55. The van der Waals surface area contributed by atoms with Gasteiger partial charge in [-0.05, 0) is 36.8 Å². The summed E-state index contributed by atoms with van der Waals surface area (Å²) < 4.78 is 0. The summed E-state index contributed by atoms with van der Waals surface area (Å²) in [6, 6.07) is 2.20. The first kappa shape index (κ1) is 7.32. The first-order valence-electron chi connectivity index (χ1n) is 3.93. The van der Waals surface area contributed by atoms with E-state index in [1.165, 1.54) is 23.3 Å². The quantitative estimate of drug-likeness (QED) is 0.717. The minimum absolute atomic E-state index is 0.179. The van der Waals surface area contributed by atoms with Crippen LogP contribution in [0.25, 0.3) is 0 Å². The molecule has 0 radical (unpaired) electrons. The Bertz CT molecular complexity index is 260. The molecule has 2 rings (SSSR count). The van der Waals surface area contributed by atoms with Crippen LogP contribution < -0.4 is 0 Å². The maximum atomic E-state index is 9.13. The fourth-order valence-corrected chi connectivity index (χ4v) is 2.50. The molecule has 1 aliphatic carbocycles. The van der Waals surface area contributed by atoms with Gasteiger partial charge in [0.25, 0.3) is 0 Å². The molecule has 1 aliphatic rings. The van der Waals surface area contributed by atoms with Crippen LogP contribution in [0.15, 0.2) is 11.4 Å². The van der Waals surface area contributed by atoms with Gasteiger partial charge >= 0.3 is 0 Å². The molecule has 0 amide bonds. The molecule has 2 heteroatoms. The summed E-state index contributed by atoms with van der Waals surface area (Å²) in [7, 11) is 0. The Morgan fingerprint density at radius 2 is 2.36 bits per heavy atom. The Morgan fingerprint density at radius 3 is 2.73 bits per heavy atom. The van der Waals surface area contributed by atoms with Crippen molar-refractivity contribution in [3.8, 4) is 0 Å². The third-order valence-corrected chi connectivity index (χ3v) is 3.70. The molecular weight excluding hydrogens is 156 g/mol. The summed E-state index contributed by atoms with van der Waals surface area (Å²) in [6.07, 6.45) is 2.34. The van der Waals surface area contributed by atoms with Crippen LogP contribution in [0, 0.1) is 6.92 Å². The summed E-state index contributed by atoms with van der Waals surface area (Å²) in [6.45, 7) is 2.43. The van der Waals surface area contributed by atoms with Gasteiger partial charge in [-0.15, -0.1) is 11.3 Å². The van der Waals surface area contributed by atoms with Crippen molar-refractivity contribution >= 4 is 11.3 Å². The number of thiophene rings is 1. The van der Waals surface area contributed by atoms with E-state index in [0.29, 0.717) is 6.61 Å². The molecule has 60 valence electrons. The van der Waals surface area contributed by atoms with Crippen molar-refractivity contribution in [2.45, 2.75) is 25.2 Å². The molecule has 0 spiro atoms. The van der Waals surface area contributed by atoms with Gasteiger partial charge in [0, 0.05) is 10.3 Å². The van der Waals surface area contributed by atoms with Crippen LogP contribution in [-0.2, 0) is 5.41 Å². The van der Waals surface area contributed by atoms with Gasteiger partial charge in [-0.2, -0.15) is 0 Å². The molecule has 1 fully saturated rings. The third-order valence-electron chi connectivity index (χ3n) is 2.41. The van der Waals surface area contributed by atoms with Crippen molar-refractivity contribution < 1.29 is 5.11 Å². The maximum Gasteiger partial charge on any atom is 0.0535 e. The number of aliphatic hydroxyl groups excluding tert-OH is 1.